The Morgan fingerprint density at radius 3 is 2.78 bits per heavy atom. The van der Waals surface area contributed by atoms with Crippen LogP contribution in [0.3, 0.4) is 0 Å². The summed E-state index contributed by atoms with van der Waals surface area (Å²) in [5.41, 5.74) is 3.29. The maximum Gasteiger partial charge on any atom is 0.307 e. The highest BCUT2D eigenvalue weighted by Crippen LogP contribution is 2.71. The minimum Gasteiger partial charge on any atom is -0.497 e. The van der Waals surface area contributed by atoms with E-state index < -0.39 is 5.97 Å². The molecule has 4 heteroatoms. The van der Waals surface area contributed by atoms with E-state index in [0.717, 1.165) is 51.1 Å². The van der Waals surface area contributed by atoms with Crippen LogP contribution in [0.15, 0.2) is 23.0 Å². The number of nitrogens with zero attached hydrogens (tertiary/aromatic N) is 1. The molecule has 2 fully saturated rings. The monoisotopic (exact) mass is 371 g/mol. The number of aliphatic carboxylic acids is 1. The summed E-state index contributed by atoms with van der Waals surface area (Å²) in [6.45, 7) is 7.32. The van der Waals surface area contributed by atoms with E-state index in [1.807, 2.05) is 0 Å². The van der Waals surface area contributed by atoms with Gasteiger partial charge in [-0.25, -0.2) is 0 Å². The van der Waals surface area contributed by atoms with Gasteiger partial charge in [-0.05, 0) is 63.5 Å². The quantitative estimate of drug-likeness (QED) is 0.743. The van der Waals surface area contributed by atoms with Crippen molar-refractivity contribution in [1.29, 1.82) is 0 Å². The molecule has 0 unspecified atom stereocenters. The number of allylic oxidation sites excluding steroid dienone is 3. The van der Waals surface area contributed by atoms with Gasteiger partial charge in [0.15, 0.2) is 0 Å². The fourth-order valence-electron chi connectivity index (χ4n) is 7.71. The van der Waals surface area contributed by atoms with Crippen molar-refractivity contribution in [2.75, 3.05) is 26.7 Å². The van der Waals surface area contributed by atoms with Gasteiger partial charge in [0.25, 0.3) is 0 Å². The first-order valence-corrected chi connectivity index (χ1v) is 10.8. The van der Waals surface area contributed by atoms with Crippen molar-refractivity contribution in [2.24, 2.45) is 34.5 Å². The second kappa shape index (κ2) is 5.85. The Labute approximate surface area is 162 Å². The zero-order valence-corrected chi connectivity index (χ0v) is 17.0. The Morgan fingerprint density at radius 2 is 2.11 bits per heavy atom. The van der Waals surface area contributed by atoms with Crippen molar-refractivity contribution < 1.29 is 14.6 Å². The van der Waals surface area contributed by atoms with Crippen molar-refractivity contribution in [3.63, 3.8) is 0 Å². The van der Waals surface area contributed by atoms with Crippen LogP contribution in [0.25, 0.3) is 0 Å². The molecule has 1 saturated carbocycles. The fourth-order valence-corrected chi connectivity index (χ4v) is 7.71. The summed E-state index contributed by atoms with van der Waals surface area (Å²) in [7, 11) is 2.24. The SMILES string of the molecule is CC(C)C1=CC[C@@]2(CO1)[C@H]1CCC3=C4[C@@H](CC3)[C@@H](C(=O)O)C[C@]42CN(C)C1. The van der Waals surface area contributed by atoms with Crippen LogP contribution in [0.5, 0.6) is 0 Å². The number of carbonyl (C=O) groups is 1. The van der Waals surface area contributed by atoms with E-state index in [9.17, 15) is 9.90 Å². The second-order valence-corrected chi connectivity index (χ2v) is 10.2. The van der Waals surface area contributed by atoms with E-state index in [1.165, 1.54) is 12.8 Å². The highest BCUT2D eigenvalue weighted by atomic mass is 16.5. The van der Waals surface area contributed by atoms with Crippen LogP contribution in [-0.4, -0.2) is 42.7 Å². The van der Waals surface area contributed by atoms with Crippen molar-refractivity contribution in [2.45, 2.75) is 52.4 Å². The van der Waals surface area contributed by atoms with Crippen LogP contribution < -0.4 is 0 Å². The number of likely N-dealkylation sites (tertiary alicyclic amines) is 1. The van der Waals surface area contributed by atoms with E-state index in [1.54, 1.807) is 11.1 Å². The second-order valence-electron chi connectivity index (χ2n) is 10.2. The Bertz CT molecular complexity index is 738. The number of hydrogen-bond acceptors (Lipinski definition) is 3. The molecule has 0 aromatic heterocycles. The lowest BCUT2D eigenvalue weighted by Gasteiger charge is -2.59. The average molecular weight is 372 g/mol. The third-order valence-corrected chi connectivity index (χ3v) is 8.73. The first-order chi connectivity index (χ1) is 12.9. The molecule has 0 aromatic rings. The number of piperidine rings is 1. The topological polar surface area (TPSA) is 49.8 Å². The summed E-state index contributed by atoms with van der Waals surface area (Å²) in [5.74, 6) is 1.66. The first-order valence-electron chi connectivity index (χ1n) is 10.8. The molecule has 3 aliphatic carbocycles. The van der Waals surface area contributed by atoms with Crippen molar-refractivity contribution in [3.05, 3.63) is 23.0 Å². The lowest BCUT2D eigenvalue weighted by molar-refractivity contribution is -0.146. The molecular weight excluding hydrogens is 338 g/mol. The lowest BCUT2D eigenvalue weighted by atomic mass is 9.51. The van der Waals surface area contributed by atoms with Crippen molar-refractivity contribution in [3.8, 4) is 0 Å². The predicted octanol–water partition coefficient (Wildman–Crippen LogP) is 4.09. The zero-order chi connectivity index (χ0) is 19.0. The third-order valence-electron chi connectivity index (χ3n) is 8.73. The van der Waals surface area contributed by atoms with Crippen LogP contribution in [0.1, 0.15) is 52.4 Å². The number of ether oxygens (including phenoxy) is 1. The average Bonchev–Trinajstić information content (AvgIpc) is 3.16. The van der Waals surface area contributed by atoms with Crippen molar-refractivity contribution in [1.82, 2.24) is 4.90 Å². The molecule has 148 valence electrons. The largest absolute Gasteiger partial charge is 0.497 e. The molecule has 0 amide bonds. The van der Waals surface area contributed by atoms with Crippen LogP contribution >= 0.6 is 0 Å². The highest BCUT2D eigenvalue weighted by Gasteiger charge is 2.68. The van der Waals surface area contributed by atoms with E-state index in [4.69, 9.17) is 4.74 Å². The smallest absolute Gasteiger partial charge is 0.307 e. The number of carboxylic acid groups (broad SMARTS) is 1. The summed E-state index contributed by atoms with van der Waals surface area (Å²) < 4.78 is 6.42. The predicted molar refractivity (Wildman–Crippen MR) is 104 cm³/mol. The summed E-state index contributed by atoms with van der Waals surface area (Å²) in [5, 5.41) is 10.0. The molecule has 5 atom stereocenters. The molecule has 1 saturated heterocycles. The minimum absolute atomic E-state index is 0.000265. The van der Waals surface area contributed by atoms with Gasteiger partial charge in [-0.2, -0.15) is 0 Å². The standard InChI is InChI=1S/C23H33NO3/c1-14(2)19-8-9-22(13-27-19)16-6-4-15-5-7-17-18(21(25)26)10-23(22,20(15)17)12-24(3)11-16/h8,14,16-18H,4-7,9-13H2,1-3H3,(H,25,26)/t16-,17-,18-,22+,23-/m0/s1. The number of hydrogen-bond donors (Lipinski definition) is 1. The molecule has 27 heavy (non-hydrogen) atoms. The molecule has 2 aliphatic heterocycles. The van der Waals surface area contributed by atoms with Gasteiger partial charge in [-0.3, -0.25) is 4.79 Å². The van der Waals surface area contributed by atoms with Gasteiger partial charge >= 0.3 is 5.97 Å². The van der Waals surface area contributed by atoms with Crippen molar-refractivity contribution >= 4 is 5.97 Å². The van der Waals surface area contributed by atoms with Gasteiger partial charge in [0.1, 0.15) is 0 Å². The zero-order valence-electron chi connectivity index (χ0n) is 17.0. The Hall–Kier alpha value is -1.29. The van der Waals surface area contributed by atoms with Gasteiger partial charge in [-0.1, -0.05) is 25.0 Å². The van der Waals surface area contributed by atoms with E-state index in [0.29, 0.717) is 11.8 Å². The molecule has 0 aromatic carbocycles. The van der Waals surface area contributed by atoms with Crippen LogP contribution in [0.2, 0.25) is 0 Å². The van der Waals surface area contributed by atoms with E-state index >= 15 is 0 Å². The molecule has 2 bridgehead atoms. The molecule has 5 aliphatic rings. The summed E-state index contributed by atoms with van der Waals surface area (Å²) >= 11 is 0. The van der Waals surface area contributed by atoms with Crippen LogP contribution in [-0.2, 0) is 9.53 Å². The van der Waals surface area contributed by atoms with E-state index in [2.05, 4.69) is 31.9 Å². The number of carboxylic acids is 1. The number of rotatable bonds is 2. The molecule has 0 radical (unpaired) electrons. The minimum atomic E-state index is -0.578. The molecule has 1 N–H and O–H groups in total. The van der Waals surface area contributed by atoms with Gasteiger partial charge in [-0.15, -0.1) is 0 Å². The summed E-state index contributed by atoms with van der Waals surface area (Å²) in [6.07, 6.45) is 8.85. The lowest BCUT2D eigenvalue weighted by Crippen LogP contribution is -2.61. The Morgan fingerprint density at radius 1 is 1.33 bits per heavy atom. The molecular formula is C23H33NO3. The van der Waals surface area contributed by atoms with Gasteiger partial charge in [0, 0.05) is 29.8 Å². The molecule has 4 nitrogen and oxygen atoms in total. The molecule has 5 rings (SSSR count). The van der Waals surface area contributed by atoms with Gasteiger partial charge in [0.05, 0.1) is 18.3 Å². The fraction of sp³-hybridized carbons (Fsp3) is 0.783. The maximum absolute atomic E-state index is 12.2. The molecule has 2 spiro atoms. The normalized spacial score (nSPS) is 43.6. The Balaban J connectivity index is 1.67. The van der Waals surface area contributed by atoms with E-state index in [-0.39, 0.29) is 22.7 Å². The van der Waals surface area contributed by atoms with Gasteiger partial charge in [0.2, 0.25) is 0 Å². The Kier molecular flexibility index (Phi) is 3.86. The van der Waals surface area contributed by atoms with Crippen LogP contribution in [0, 0.1) is 34.5 Å². The summed E-state index contributed by atoms with van der Waals surface area (Å²) in [4.78, 5) is 14.7. The molecule has 2 heterocycles. The first kappa shape index (κ1) is 17.8. The third kappa shape index (κ3) is 2.22. The van der Waals surface area contributed by atoms with Crippen LogP contribution in [0.4, 0.5) is 0 Å². The van der Waals surface area contributed by atoms with Gasteiger partial charge < -0.3 is 14.7 Å². The highest BCUT2D eigenvalue weighted by molar-refractivity contribution is 5.73. The summed E-state index contributed by atoms with van der Waals surface area (Å²) in [6, 6.07) is 0. The maximum atomic E-state index is 12.2.